The number of carbonyl (C=O) groups is 1. The minimum absolute atomic E-state index is 0.000927. The first-order valence-electron chi connectivity index (χ1n) is 11.3. The van der Waals surface area contributed by atoms with Crippen molar-refractivity contribution in [1.29, 1.82) is 5.26 Å². The van der Waals surface area contributed by atoms with Crippen molar-refractivity contribution in [3.63, 3.8) is 0 Å². The van der Waals surface area contributed by atoms with Gasteiger partial charge in [-0.05, 0) is 86.9 Å². The zero-order valence-corrected chi connectivity index (χ0v) is 20.0. The van der Waals surface area contributed by atoms with Gasteiger partial charge in [-0.1, -0.05) is 17.7 Å². The molecule has 2 aliphatic heterocycles. The topological polar surface area (TPSA) is 99.5 Å². The third-order valence-corrected chi connectivity index (χ3v) is 7.87. The minimum atomic E-state index is -3.92. The number of hydrogen-bond acceptors (Lipinski definition) is 6. The van der Waals surface area contributed by atoms with E-state index in [0.717, 1.165) is 35.1 Å². The summed E-state index contributed by atoms with van der Waals surface area (Å²) in [5.41, 5.74) is 3.94. The van der Waals surface area contributed by atoms with Crippen molar-refractivity contribution in [1.82, 2.24) is 10.2 Å². The predicted octanol–water partition coefficient (Wildman–Crippen LogP) is 3.34. The molecule has 1 N–H and O–H groups in total. The van der Waals surface area contributed by atoms with Crippen molar-refractivity contribution in [3.8, 4) is 11.8 Å². The molecule has 33 heavy (non-hydrogen) atoms. The van der Waals surface area contributed by atoms with Crippen LogP contribution in [0.1, 0.15) is 47.4 Å². The summed E-state index contributed by atoms with van der Waals surface area (Å²) in [7, 11) is -3.92. The van der Waals surface area contributed by atoms with Crippen LogP contribution >= 0.6 is 0 Å². The number of carbonyl (C=O) groups excluding carboxylic acids is 1. The van der Waals surface area contributed by atoms with E-state index in [-0.39, 0.29) is 34.6 Å². The Morgan fingerprint density at radius 1 is 1.15 bits per heavy atom. The van der Waals surface area contributed by atoms with Crippen molar-refractivity contribution >= 4 is 16.0 Å². The molecule has 0 bridgehead atoms. The molecule has 4 rings (SSSR count). The van der Waals surface area contributed by atoms with Crippen molar-refractivity contribution in [2.45, 2.75) is 62.9 Å². The molecular formula is C25H29N3O4S. The quantitative estimate of drug-likeness (QED) is 0.677. The zero-order valence-electron chi connectivity index (χ0n) is 19.2. The van der Waals surface area contributed by atoms with Crippen LogP contribution in [-0.2, 0) is 14.9 Å². The van der Waals surface area contributed by atoms with E-state index in [4.69, 9.17) is 4.18 Å². The van der Waals surface area contributed by atoms with Crippen LogP contribution in [0.3, 0.4) is 0 Å². The molecule has 0 unspecified atom stereocenters. The highest BCUT2D eigenvalue weighted by atomic mass is 32.2. The molecule has 1 amide bonds. The van der Waals surface area contributed by atoms with Gasteiger partial charge in [0, 0.05) is 13.1 Å². The van der Waals surface area contributed by atoms with Crippen LogP contribution in [-0.4, -0.2) is 44.4 Å². The number of nitrogens with zero attached hydrogens (tertiary/aromatic N) is 2. The number of benzene rings is 2. The fourth-order valence-electron chi connectivity index (χ4n) is 5.02. The predicted molar refractivity (Wildman–Crippen MR) is 124 cm³/mol. The highest BCUT2D eigenvalue weighted by Gasteiger charge is 2.38. The third kappa shape index (κ3) is 4.75. The molecule has 2 saturated heterocycles. The second-order valence-electron chi connectivity index (χ2n) is 9.03. The van der Waals surface area contributed by atoms with Gasteiger partial charge in [0.1, 0.15) is 16.7 Å². The molecule has 0 aliphatic carbocycles. The van der Waals surface area contributed by atoms with Gasteiger partial charge in [0.15, 0.2) is 0 Å². The molecule has 2 aromatic rings. The van der Waals surface area contributed by atoms with Crippen LogP contribution in [0, 0.1) is 32.1 Å². The molecule has 0 aromatic heterocycles. The molecule has 3 atom stereocenters. The molecule has 2 heterocycles. The Balaban J connectivity index is 1.49. The maximum Gasteiger partial charge on any atom is 0.339 e. The Bertz CT molecular complexity index is 1180. The largest absolute Gasteiger partial charge is 0.379 e. The molecule has 0 saturated carbocycles. The maximum atomic E-state index is 13.0. The summed E-state index contributed by atoms with van der Waals surface area (Å²) in [4.78, 5) is 14.8. The molecule has 174 valence electrons. The van der Waals surface area contributed by atoms with E-state index < -0.39 is 10.1 Å². The summed E-state index contributed by atoms with van der Waals surface area (Å²) in [6.45, 7) is 7.07. The first kappa shape index (κ1) is 23.3. The van der Waals surface area contributed by atoms with Crippen molar-refractivity contribution in [3.05, 3.63) is 58.7 Å². The van der Waals surface area contributed by atoms with Crippen LogP contribution in [0.25, 0.3) is 0 Å². The zero-order chi connectivity index (χ0) is 23.8. The van der Waals surface area contributed by atoms with Crippen molar-refractivity contribution < 1.29 is 17.4 Å². The molecule has 7 nitrogen and oxygen atoms in total. The highest BCUT2D eigenvalue weighted by molar-refractivity contribution is 7.87. The lowest BCUT2D eigenvalue weighted by molar-refractivity contribution is -0.133. The Labute approximate surface area is 195 Å². The third-order valence-electron chi connectivity index (χ3n) is 6.60. The normalized spacial score (nSPS) is 22.8. The summed E-state index contributed by atoms with van der Waals surface area (Å²) in [5, 5.41) is 12.6. The van der Waals surface area contributed by atoms with Crippen LogP contribution in [0.5, 0.6) is 5.75 Å². The number of rotatable bonds is 5. The number of nitrogens with one attached hydrogen (secondary N) is 1. The van der Waals surface area contributed by atoms with E-state index in [1.54, 1.807) is 29.2 Å². The van der Waals surface area contributed by atoms with E-state index >= 15 is 0 Å². The average molecular weight is 468 g/mol. The molecule has 2 aliphatic rings. The number of hydrogen-bond donors (Lipinski definition) is 1. The summed E-state index contributed by atoms with van der Waals surface area (Å²) in [5.74, 6) is 0.410. The molecule has 8 heteroatoms. The Morgan fingerprint density at radius 2 is 1.82 bits per heavy atom. The molecule has 0 radical (unpaired) electrons. The summed E-state index contributed by atoms with van der Waals surface area (Å²) in [6.07, 6.45) is 2.26. The standard InChI is InChI=1S/C25H29N3O4S/c1-16-6-8-22(9-7-16)33(30,31)32-21-11-17(2)24(18(3)12-21)19-13-23(27-15-19)25(29)28-10-4-5-20(28)14-26/h6-9,11-12,19-20,23,27H,4-5,10,13,15H2,1-3H3/t19-,20-,23-/m0/s1. The van der Waals surface area contributed by atoms with E-state index in [0.29, 0.717) is 19.5 Å². The smallest absolute Gasteiger partial charge is 0.339 e. The van der Waals surface area contributed by atoms with Gasteiger partial charge in [0.05, 0.1) is 12.1 Å². The fourth-order valence-corrected chi connectivity index (χ4v) is 5.93. The minimum Gasteiger partial charge on any atom is -0.379 e. The number of amides is 1. The fraction of sp³-hybridized carbons (Fsp3) is 0.440. The number of nitriles is 1. The van der Waals surface area contributed by atoms with Crippen LogP contribution in [0.15, 0.2) is 41.3 Å². The van der Waals surface area contributed by atoms with Gasteiger partial charge >= 0.3 is 10.1 Å². The van der Waals surface area contributed by atoms with E-state index in [1.165, 1.54) is 12.1 Å². The van der Waals surface area contributed by atoms with Crippen LogP contribution < -0.4 is 9.50 Å². The van der Waals surface area contributed by atoms with Gasteiger partial charge in [-0.15, -0.1) is 0 Å². The Hall–Kier alpha value is -2.89. The highest BCUT2D eigenvalue weighted by Crippen LogP contribution is 2.35. The van der Waals surface area contributed by atoms with Gasteiger partial charge in [-0.3, -0.25) is 4.79 Å². The van der Waals surface area contributed by atoms with Crippen LogP contribution in [0.4, 0.5) is 0 Å². The summed E-state index contributed by atoms with van der Waals surface area (Å²) >= 11 is 0. The first-order chi connectivity index (χ1) is 15.7. The van der Waals surface area contributed by atoms with Gasteiger partial charge in [-0.25, -0.2) is 0 Å². The summed E-state index contributed by atoms with van der Waals surface area (Å²) in [6, 6.07) is 11.6. The lowest BCUT2D eigenvalue weighted by atomic mass is 9.88. The van der Waals surface area contributed by atoms with E-state index in [1.807, 2.05) is 20.8 Å². The molecular weight excluding hydrogens is 438 g/mol. The lowest BCUT2D eigenvalue weighted by Crippen LogP contribution is -2.45. The number of likely N-dealkylation sites (tertiary alicyclic amines) is 1. The second-order valence-corrected chi connectivity index (χ2v) is 10.6. The van der Waals surface area contributed by atoms with Gasteiger partial charge in [0.2, 0.25) is 5.91 Å². The average Bonchev–Trinajstić information content (AvgIpc) is 3.42. The van der Waals surface area contributed by atoms with Crippen molar-refractivity contribution in [2.24, 2.45) is 0 Å². The van der Waals surface area contributed by atoms with E-state index in [9.17, 15) is 18.5 Å². The van der Waals surface area contributed by atoms with E-state index in [2.05, 4.69) is 11.4 Å². The van der Waals surface area contributed by atoms with Crippen molar-refractivity contribution in [2.75, 3.05) is 13.1 Å². The Morgan fingerprint density at radius 3 is 2.45 bits per heavy atom. The summed E-state index contributed by atoms with van der Waals surface area (Å²) < 4.78 is 30.8. The SMILES string of the molecule is Cc1ccc(S(=O)(=O)Oc2cc(C)c([C@@H]3CN[C@H](C(=O)N4CCC[C@H]4C#N)C3)c(C)c2)cc1. The molecule has 0 spiro atoms. The van der Waals surface area contributed by atoms with Crippen LogP contribution in [0.2, 0.25) is 0 Å². The van der Waals surface area contributed by atoms with Gasteiger partial charge in [-0.2, -0.15) is 13.7 Å². The maximum absolute atomic E-state index is 13.0. The Kier molecular flexibility index (Phi) is 6.46. The number of aryl methyl sites for hydroxylation is 3. The lowest BCUT2D eigenvalue weighted by Gasteiger charge is -2.23. The molecule has 2 aromatic carbocycles. The van der Waals surface area contributed by atoms with Gasteiger partial charge < -0.3 is 14.4 Å². The first-order valence-corrected chi connectivity index (χ1v) is 12.7. The van der Waals surface area contributed by atoms with Gasteiger partial charge in [0.25, 0.3) is 0 Å². The molecule has 2 fully saturated rings. The second kappa shape index (κ2) is 9.16. The monoisotopic (exact) mass is 467 g/mol.